The van der Waals surface area contributed by atoms with Gasteiger partial charge in [-0.2, -0.15) is 0 Å². The number of rotatable bonds is 8. The van der Waals surface area contributed by atoms with Gasteiger partial charge in [0.05, 0.1) is 6.42 Å². The molecule has 0 aromatic carbocycles. The quantitative estimate of drug-likeness (QED) is 0.705. The van der Waals surface area contributed by atoms with Gasteiger partial charge in [0, 0.05) is 22.6 Å². The fourth-order valence-corrected chi connectivity index (χ4v) is 3.43. The van der Waals surface area contributed by atoms with Gasteiger partial charge in [0.1, 0.15) is 5.25 Å². The van der Waals surface area contributed by atoms with E-state index in [9.17, 15) is 13.8 Å². The minimum Gasteiger partial charge on any atom is -0.481 e. The van der Waals surface area contributed by atoms with Crippen LogP contribution >= 0.6 is 0 Å². The number of carboxylic acids is 1. The number of hydrogen-bond donors (Lipinski definition) is 2. The summed E-state index contributed by atoms with van der Waals surface area (Å²) in [5.74, 6) is -0.751. The van der Waals surface area contributed by atoms with Gasteiger partial charge in [-0.05, 0) is 38.5 Å². The number of hydrogen-bond acceptors (Lipinski definition) is 3. The van der Waals surface area contributed by atoms with Crippen LogP contribution in [0.3, 0.4) is 0 Å². The van der Waals surface area contributed by atoms with E-state index >= 15 is 0 Å². The third-order valence-electron chi connectivity index (χ3n) is 3.70. The van der Waals surface area contributed by atoms with E-state index < -0.39 is 22.0 Å². The summed E-state index contributed by atoms with van der Waals surface area (Å²) < 4.78 is 12.1. The van der Waals surface area contributed by atoms with Crippen LogP contribution in [0.4, 0.5) is 0 Å². The molecule has 1 aliphatic rings. The van der Waals surface area contributed by atoms with Gasteiger partial charge >= 0.3 is 5.97 Å². The smallest absolute Gasteiger partial charge is 0.303 e. The monoisotopic (exact) mass is 289 g/mol. The van der Waals surface area contributed by atoms with Gasteiger partial charge in [-0.15, -0.1) is 0 Å². The van der Waals surface area contributed by atoms with Crippen LogP contribution in [-0.2, 0) is 20.4 Å². The average Bonchev–Trinajstić information content (AvgIpc) is 3.05. The van der Waals surface area contributed by atoms with Gasteiger partial charge in [0.25, 0.3) is 0 Å². The zero-order valence-electron chi connectivity index (χ0n) is 11.8. The van der Waals surface area contributed by atoms with Crippen molar-refractivity contribution in [1.82, 2.24) is 5.32 Å². The average molecular weight is 289 g/mol. The Morgan fingerprint density at radius 3 is 2.37 bits per heavy atom. The molecule has 3 atom stereocenters. The van der Waals surface area contributed by atoms with E-state index in [1.54, 1.807) is 6.92 Å². The summed E-state index contributed by atoms with van der Waals surface area (Å²) in [5, 5.41) is 11.0. The van der Waals surface area contributed by atoms with E-state index in [4.69, 9.17) is 5.11 Å². The summed E-state index contributed by atoms with van der Waals surface area (Å²) in [6, 6.07) is 0.0702. The topological polar surface area (TPSA) is 83.5 Å². The van der Waals surface area contributed by atoms with Crippen LogP contribution in [0.2, 0.25) is 0 Å². The van der Waals surface area contributed by atoms with E-state index in [0.29, 0.717) is 5.75 Å². The van der Waals surface area contributed by atoms with Gasteiger partial charge in [-0.3, -0.25) is 13.8 Å². The Hall–Kier alpha value is -0.910. The molecule has 0 bridgehead atoms. The highest BCUT2D eigenvalue weighted by molar-refractivity contribution is 7.86. The molecule has 0 saturated heterocycles. The normalized spacial score (nSPS) is 21.2. The molecule has 1 aliphatic carbocycles. The predicted octanol–water partition coefficient (Wildman–Crippen LogP) is 1.29. The predicted molar refractivity (Wildman–Crippen MR) is 74.3 cm³/mol. The lowest BCUT2D eigenvalue weighted by molar-refractivity contribution is -0.138. The summed E-state index contributed by atoms with van der Waals surface area (Å²) in [4.78, 5) is 22.6. The second kappa shape index (κ2) is 6.50. The summed E-state index contributed by atoms with van der Waals surface area (Å²) in [6.45, 7) is 5.52. The molecular weight excluding hydrogens is 266 g/mol. The molecule has 0 aromatic rings. The van der Waals surface area contributed by atoms with Crippen LogP contribution < -0.4 is 5.32 Å². The Morgan fingerprint density at radius 1 is 1.37 bits per heavy atom. The van der Waals surface area contributed by atoms with E-state index in [2.05, 4.69) is 5.32 Å². The van der Waals surface area contributed by atoms with Crippen molar-refractivity contribution in [3.8, 4) is 0 Å². The molecule has 2 N–H and O–H groups in total. The molecule has 1 saturated carbocycles. The van der Waals surface area contributed by atoms with Gasteiger partial charge in [-0.1, -0.05) is 6.92 Å². The third kappa shape index (κ3) is 4.93. The number of carbonyl (C=O) groups is 2. The van der Waals surface area contributed by atoms with Crippen LogP contribution in [0.1, 0.15) is 46.5 Å². The molecule has 0 heterocycles. The van der Waals surface area contributed by atoms with Crippen molar-refractivity contribution in [2.45, 2.75) is 57.7 Å². The summed E-state index contributed by atoms with van der Waals surface area (Å²) in [6.07, 6.45) is 2.47. The fourth-order valence-electron chi connectivity index (χ4n) is 1.88. The summed E-state index contributed by atoms with van der Waals surface area (Å²) in [5.41, 5.74) is -0.332. The Kier molecular flexibility index (Phi) is 5.52. The molecule has 110 valence electrons. The molecular formula is C13H23NO4S. The van der Waals surface area contributed by atoms with Crippen LogP contribution in [-0.4, -0.2) is 38.2 Å². The Balaban J connectivity index is 2.49. The molecule has 1 rings (SSSR count). The summed E-state index contributed by atoms with van der Waals surface area (Å²) in [7, 11) is -1.31. The zero-order chi connectivity index (χ0) is 14.6. The van der Waals surface area contributed by atoms with E-state index in [-0.39, 0.29) is 23.8 Å². The molecule has 0 aromatic heterocycles. The number of amides is 1. The molecule has 0 aliphatic heterocycles. The van der Waals surface area contributed by atoms with Crippen molar-refractivity contribution in [3.05, 3.63) is 0 Å². The summed E-state index contributed by atoms with van der Waals surface area (Å²) >= 11 is 0. The number of carbonyl (C=O) groups excluding carboxylic acids is 1. The first-order valence-electron chi connectivity index (χ1n) is 6.69. The van der Waals surface area contributed by atoms with Gasteiger partial charge in [0.15, 0.2) is 0 Å². The molecule has 1 fully saturated rings. The van der Waals surface area contributed by atoms with Gasteiger partial charge in [-0.25, -0.2) is 0 Å². The van der Waals surface area contributed by atoms with Gasteiger partial charge < -0.3 is 10.4 Å². The standard InChI is InChI=1S/C13H23NO4S/c1-4-9(2)14-12(17)10(3)19(18)8-13(5-6-13)7-11(15)16/h9-10H,4-8H2,1-3H3,(H,14,17)(H,15,16). The fraction of sp³-hybridized carbons (Fsp3) is 0.846. The molecule has 0 radical (unpaired) electrons. The van der Waals surface area contributed by atoms with Crippen molar-refractivity contribution in [2.75, 3.05) is 5.75 Å². The Morgan fingerprint density at radius 2 is 1.95 bits per heavy atom. The molecule has 3 unspecified atom stereocenters. The second-order valence-corrected chi connectivity index (χ2v) is 7.31. The first-order chi connectivity index (χ1) is 8.79. The highest BCUT2D eigenvalue weighted by Gasteiger charge is 2.46. The Bertz CT molecular complexity index is 379. The Labute approximate surface area is 116 Å². The minimum absolute atomic E-state index is 0.0540. The lowest BCUT2D eigenvalue weighted by atomic mass is 10.1. The first kappa shape index (κ1) is 16.1. The van der Waals surface area contributed by atoms with E-state index in [1.165, 1.54) is 0 Å². The van der Waals surface area contributed by atoms with Crippen LogP contribution in [0.15, 0.2) is 0 Å². The van der Waals surface area contributed by atoms with Crippen LogP contribution in [0.5, 0.6) is 0 Å². The molecule has 6 heteroatoms. The maximum absolute atomic E-state index is 12.1. The van der Waals surface area contributed by atoms with E-state index in [0.717, 1.165) is 19.3 Å². The lowest BCUT2D eigenvalue weighted by Gasteiger charge is -2.18. The lowest BCUT2D eigenvalue weighted by Crippen LogP contribution is -2.41. The minimum atomic E-state index is -1.31. The molecule has 0 spiro atoms. The largest absolute Gasteiger partial charge is 0.481 e. The maximum Gasteiger partial charge on any atom is 0.303 e. The van der Waals surface area contributed by atoms with Crippen molar-refractivity contribution >= 4 is 22.7 Å². The second-order valence-electron chi connectivity index (χ2n) is 5.56. The highest BCUT2D eigenvalue weighted by atomic mass is 32.2. The van der Waals surface area contributed by atoms with Crippen LogP contribution in [0, 0.1) is 5.41 Å². The molecule has 5 nitrogen and oxygen atoms in total. The van der Waals surface area contributed by atoms with E-state index in [1.807, 2.05) is 13.8 Å². The molecule has 1 amide bonds. The maximum atomic E-state index is 12.1. The van der Waals surface area contributed by atoms with Crippen molar-refractivity contribution in [2.24, 2.45) is 5.41 Å². The molecule has 19 heavy (non-hydrogen) atoms. The zero-order valence-corrected chi connectivity index (χ0v) is 12.6. The van der Waals surface area contributed by atoms with Crippen molar-refractivity contribution in [1.29, 1.82) is 0 Å². The number of nitrogens with one attached hydrogen (secondary N) is 1. The third-order valence-corrected chi connectivity index (χ3v) is 5.60. The van der Waals surface area contributed by atoms with Crippen molar-refractivity contribution in [3.63, 3.8) is 0 Å². The van der Waals surface area contributed by atoms with Gasteiger partial charge in [0.2, 0.25) is 5.91 Å². The SMILES string of the molecule is CCC(C)NC(=O)C(C)S(=O)CC1(CC(=O)O)CC1. The van der Waals surface area contributed by atoms with Crippen molar-refractivity contribution < 1.29 is 18.9 Å². The first-order valence-corrected chi connectivity index (χ1v) is 8.07. The number of carboxylic acid groups (broad SMARTS) is 1. The highest BCUT2D eigenvalue weighted by Crippen LogP contribution is 2.49. The number of aliphatic carboxylic acids is 1. The van der Waals surface area contributed by atoms with Crippen LogP contribution in [0.25, 0.3) is 0 Å².